The molecule has 7 nitrogen and oxygen atoms in total. The molecule has 1 amide bonds. The largest absolute Gasteiger partial charge is 0.336 e. The van der Waals surface area contributed by atoms with E-state index < -0.39 is 0 Å². The highest BCUT2D eigenvalue weighted by Crippen LogP contribution is 2.35. The lowest BCUT2D eigenvalue weighted by Gasteiger charge is -2.35. The molecule has 2 aromatic carbocycles. The maximum atomic E-state index is 13.8. The molecule has 3 heterocycles. The van der Waals surface area contributed by atoms with Crippen LogP contribution in [0.15, 0.2) is 54.7 Å². The Morgan fingerprint density at radius 2 is 1.75 bits per heavy atom. The number of hydrogen-bond donors (Lipinski definition) is 0. The monoisotopic (exact) mass is 560 g/mol. The summed E-state index contributed by atoms with van der Waals surface area (Å²) in [7, 11) is 4.20. The molecule has 212 valence electrons. The summed E-state index contributed by atoms with van der Waals surface area (Å²) in [5.41, 5.74) is 5.26. The second-order valence-corrected chi connectivity index (χ2v) is 11.7. The Labute approximate surface area is 243 Å². The molecule has 2 aliphatic heterocycles. The molecule has 1 aromatic heterocycles. The highest BCUT2D eigenvalue weighted by molar-refractivity contribution is 6.30. The number of hydrogen-bond acceptors (Lipinski definition) is 6. The van der Waals surface area contributed by atoms with Gasteiger partial charge >= 0.3 is 0 Å². The van der Waals surface area contributed by atoms with Gasteiger partial charge in [-0.05, 0) is 75.5 Å². The average Bonchev–Trinajstić information content (AvgIpc) is 3.46. The fourth-order valence-corrected chi connectivity index (χ4v) is 5.91. The van der Waals surface area contributed by atoms with Crippen molar-refractivity contribution in [3.63, 3.8) is 0 Å². The average molecular weight is 561 g/mol. The Kier molecular flexibility index (Phi) is 9.35. The SMILES string of the molecule is Cc1ccccc1CCc1nc(N2CCCC2c2ccc(Cl)cc2)ncc1C(=O)N1CCN(CCN(C)C)CC1. The molecule has 8 heteroatoms. The molecular weight excluding hydrogens is 520 g/mol. The van der Waals surface area contributed by atoms with Gasteiger partial charge in [-0.3, -0.25) is 9.69 Å². The molecule has 2 aliphatic rings. The smallest absolute Gasteiger partial charge is 0.257 e. The Bertz CT molecular complexity index is 1290. The molecule has 0 saturated carbocycles. The fraction of sp³-hybridized carbons (Fsp3) is 0.469. The van der Waals surface area contributed by atoms with E-state index in [0.29, 0.717) is 17.9 Å². The number of anilines is 1. The van der Waals surface area contributed by atoms with Crippen LogP contribution in [0.2, 0.25) is 5.02 Å². The van der Waals surface area contributed by atoms with Crippen LogP contribution in [0.25, 0.3) is 0 Å². The molecule has 0 aliphatic carbocycles. The zero-order valence-corrected chi connectivity index (χ0v) is 24.8. The predicted molar refractivity (Wildman–Crippen MR) is 162 cm³/mol. The van der Waals surface area contributed by atoms with E-state index in [4.69, 9.17) is 21.6 Å². The van der Waals surface area contributed by atoms with Gasteiger partial charge in [-0.25, -0.2) is 9.97 Å². The Hall–Kier alpha value is -3.00. The van der Waals surface area contributed by atoms with Crippen molar-refractivity contribution in [3.8, 4) is 0 Å². The third-order valence-corrected chi connectivity index (χ3v) is 8.52. The highest BCUT2D eigenvalue weighted by atomic mass is 35.5. The quantitative estimate of drug-likeness (QED) is 0.372. The van der Waals surface area contributed by atoms with Gasteiger partial charge in [-0.1, -0.05) is 48.0 Å². The van der Waals surface area contributed by atoms with Gasteiger partial charge in [0.2, 0.25) is 5.95 Å². The van der Waals surface area contributed by atoms with Gasteiger partial charge < -0.3 is 14.7 Å². The van der Waals surface area contributed by atoms with E-state index in [1.54, 1.807) is 6.20 Å². The van der Waals surface area contributed by atoms with Crippen molar-refractivity contribution in [1.82, 2.24) is 24.7 Å². The summed E-state index contributed by atoms with van der Waals surface area (Å²) in [6.45, 7) is 8.35. The van der Waals surface area contributed by atoms with Crippen LogP contribution in [0.3, 0.4) is 0 Å². The van der Waals surface area contributed by atoms with Gasteiger partial charge in [-0.15, -0.1) is 0 Å². The first kappa shape index (κ1) is 28.5. The van der Waals surface area contributed by atoms with Crippen molar-refractivity contribution >= 4 is 23.5 Å². The predicted octanol–water partition coefficient (Wildman–Crippen LogP) is 4.88. The van der Waals surface area contributed by atoms with E-state index in [2.05, 4.69) is 72.1 Å². The zero-order valence-electron chi connectivity index (χ0n) is 24.0. The highest BCUT2D eigenvalue weighted by Gasteiger charge is 2.30. The standard InChI is InChI=1S/C32H41ClN6O/c1-24-7-4-5-8-25(24)12-15-29-28(31(40)38-21-19-37(20-22-38)18-17-36(2)3)23-34-32(35-29)39-16-6-9-30(39)26-10-13-27(33)14-11-26/h4-5,7-8,10-11,13-14,23,30H,6,9,12,15-22H2,1-3H3. The summed E-state index contributed by atoms with van der Waals surface area (Å²) in [5, 5.41) is 0.740. The molecule has 1 unspecified atom stereocenters. The van der Waals surface area contributed by atoms with Gasteiger partial charge in [0.25, 0.3) is 5.91 Å². The van der Waals surface area contributed by atoms with Gasteiger partial charge in [0.1, 0.15) is 0 Å². The normalized spacial score (nSPS) is 18.1. The van der Waals surface area contributed by atoms with Crippen LogP contribution in [0.1, 0.15) is 51.6 Å². The van der Waals surface area contributed by atoms with E-state index in [1.165, 1.54) is 16.7 Å². The van der Waals surface area contributed by atoms with Crippen molar-refractivity contribution in [2.24, 2.45) is 0 Å². The molecule has 0 bridgehead atoms. The first-order valence-corrected chi connectivity index (χ1v) is 14.9. The fourth-order valence-electron chi connectivity index (χ4n) is 5.78. The second-order valence-electron chi connectivity index (χ2n) is 11.3. The first-order valence-electron chi connectivity index (χ1n) is 14.5. The Balaban J connectivity index is 1.38. The number of likely N-dealkylation sites (N-methyl/N-ethyl adjacent to an activating group) is 1. The third kappa shape index (κ3) is 6.82. The Morgan fingerprint density at radius 3 is 2.48 bits per heavy atom. The summed E-state index contributed by atoms with van der Waals surface area (Å²) in [6.07, 6.45) is 5.44. The second kappa shape index (κ2) is 13.1. The molecule has 0 N–H and O–H groups in total. The molecule has 2 saturated heterocycles. The topological polar surface area (TPSA) is 55.8 Å². The van der Waals surface area contributed by atoms with Crippen LogP contribution in [-0.4, -0.2) is 90.5 Å². The summed E-state index contributed by atoms with van der Waals surface area (Å²) >= 11 is 6.16. The zero-order chi connectivity index (χ0) is 28.1. The van der Waals surface area contributed by atoms with E-state index >= 15 is 0 Å². The van der Waals surface area contributed by atoms with Crippen LogP contribution in [0.5, 0.6) is 0 Å². The summed E-state index contributed by atoms with van der Waals surface area (Å²) < 4.78 is 0. The van der Waals surface area contributed by atoms with E-state index in [-0.39, 0.29) is 11.9 Å². The van der Waals surface area contributed by atoms with Crippen molar-refractivity contribution in [2.75, 3.05) is 64.8 Å². The number of aromatic nitrogens is 2. The molecule has 0 spiro atoms. The summed E-state index contributed by atoms with van der Waals surface area (Å²) in [5.74, 6) is 0.761. The van der Waals surface area contributed by atoms with E-state index in [0.717, 1.165) is 75.8 Å². The maximum absolute atomic E-state index is 13.8. The molecule has 1 atom stereocenters. The van der Waals surface area contributed by atoms with Crippen LogP contribution >= 0.6 is 11.6 Å². The number of aryl methyl sites for hydroxylation is 3. The van der Waals surface area contributed by atoms with Gasteiger partial charge in [0.05, 0.1) is 17.3 Å². The summed E-state index contributed by atoms with van der Waals surface area (Å²) in [6, 6.07) is 16.8. The number of piperazine rings is 1. The van der Waals surface area contributed by atoms with Crippen LogP contribution in [0, 0.1) is 6.92 Å². The number of halogens is 1. The van der Waals surface area contributed by atoms with Gasteiger partial charge in [0.15, 0.2) is 0 Å². The number of benzene rings is 2. The Morgan fingerprint density at radius 1 is 1.00 bits per heavy atom. The minimum atomic E-state index is 0.0502. The lowest BCUT2D eigenvalue weighted by Crippen LogP contribution is -2.50. The van der Waals surface area contributed by atoms with Gasteiger partial charge in [-0.2, -0.15) is 0 Å². The van der Waals surface area contributed by atoms with Crippen molar-refractivity contribution < 1.29 is 4.79 Å². The van der Waals surface area contributed by atoms with E-state index in [1.807, 2.05) is 17.0 Å². The number of carbonyl (C=O) groups excluding carboxylic acids is 1. The lowest BCUT2D eigenvalue weighted by molar-refractivity contribution is 0.0627. The minimum Gasteiger partial charge on any atom is -0.336 e. The minimum absolute atomic E-state index is 0.0502. The van der Waals surface area contributed by atoms with Crippen LogP contribution in [-0.2, 0) is 12.8 Å². The number of rotatable bonds is 9. The van der Waals surface area contributed by atoms with Crippen LogP contribution in [0.4, 0.5) is 5.95 Å². The molecule has 40 heavy (non-hydrogen) atoms. The van der Waals surface area contributed by atoms with Crippen molar-refractivity contribution in [1.29, 1.82) is 0 Å². The molecule has 2 fully saturated rings. The molecule has 0 radical (unpaired) electrons. The van der Waals surface area contributed by atoms with Crippen molar-refractivity contribution in [3.05, 3.63) is 87.7 Å². The maximum Gasteiger partial charge on any atom is 0.257 e. The van der Waals surface area contributed by atoms with Crippen molar-refractivity contribution in [2.45, 2.75) is 38.6 Å². The van der Waals surface area contributed by atoms with Gasteiger partial charge in [0, 0.05) is 57.0 Å². The number of amides is 1. The summed E-state index contributed by atoms with van der Waals surface area (Å²) in [4.78, 5) is 32.6. The number of carbonyl (C=O) groups is 1. The first-order chi connectivity index (χ1) is 19.4. The lowest BCUT2D eigenvalue weighted by atomic mass is 10.0. The third-order valence-electron chi connectivity index (χ3n) is 8.27. The number of nitrogens with zero attached hydrogens (tertiary/aromatic N) is 6. The van der Waals surface area contributed by atoms with Crippen LogP contribution < -0.4 is 4.90 Å². The molecule has 3 aromatic rings. The molecule has 5 rings (SSSR count). The molecular formula is C32H41ClN6O. The van der Waals surface area contributed by atoms with E-state index in [9.17, 15) is 4.79 Å².